The number of aryl methyl sites for hydroxylation is 2. The number of aliphatic hydroxyl groups is 1. The zero-order chi connectivity index (χ0) is 23.4. The number of rotatable bonds is 6. The highest BCUT2D eigenvalue weighted by Crippen LogP contribution is 2.29. The first-order valence-corrected chi connectivity index (χ1v) is 10.8. The Morgan fingerprint density at radius 2 is 1.12 bits per heavy atom. The monoisotopic (exact) mass is 438 g/mol. The van der Waals surface area contributed by atoms with E-state index in [1.807, 2.05) is 86.6 Å². The van der Waals surface area contributed by atoms with Gasteiger partial charge in [0.25, 0.3) is 0 Å². The first-order chi connectivity index (χ1) is 15.8. The molecule has 0 radical (unpaired) electrons. The predicted molar refractivity (Wildman–Crippen MR) is 129 cm³/mol. The van der Waals surface area contributed by atoms with E-state index in [0.717, 1.165) is 22.3 Å². The number of esters is 1. The summed E-state index contributed by atoms with van der Waals surface area (Å²) in [5.74, 6) is -0.769. The van der Waals surface area contributed by atoms with E-state index >= 15 is 0 Å². The van der Waals surface area contributed by atoms with Crippen molar-refractivity contribution in [2.24, 2.45) is 0 Å². The number of hydrogen-bond acceptors (Lipinski definition) is 4. The molecule has 0 saturated heterocycles. The Hall–Kier alpha value is -3.89. The Labute approximate surface area is 194 Å². The van der Waals surface area contributed by atoms with Gasteiger partial charge < -0.3 is 14.6 Å². The zero-order valence-electron chi connectivity index (χ0n) is 18.9. The van der Waals surface area contributed by atoms with Crippen LogP contribution < -0.4 is 9.47 Å². The molecule has 4 aromatic rings. The average molecular weight is 439 g/mol. The summed E-state index contributed by atoms with van der Waals surface area (Å²) >= 11 is 0. The Morgan fingerprint density at radius 1 is 0.667 bits per heavy atom. The molecular formula is C29H26O4. The fraction of sp³-hybridized carbons (Fsp3) is 0.138. The second-order valence-corrected chi connectivity index (χ2v) is 8.26. The Morgan fingerprint density at radius 3 is 1.64 bits per heavy atom. The summed E-state index contributed by atoms with van der Waals surface area (Å²) in [6.45, 7) is 5.60. The van der Waals surface area contributed by atoms with Crippen molar-refractivity contribution in [2.75, 3.05) is 0 Å². The van der Waals surface area contributed by atoms with Crippen molar-refractivity contribution in [1.82, 2.24) is 0 Å². The maximum absolute atomic E-state index is 12.3. The summed E-state index contributed by atoms with van der Waals surface area (Å²) in [4.78, 5) is 12.3. The summed E-state index contributed by atoms with van der Waals surface area (Å²) < 4.78 is 11.3. The van der Waals surface area contributed by atoms with Gasteiger partial charge in [0.15, 0.2) is 0 Å². The Bertz CT molecular complexity index is 1220. The smallest absolute Gasteiger partial charge is 0.343 e. The minimum absolute atomic E-state index is 0.384. The summed E-state index contributed by atoms with van der Waals surface area (Å²) in [5.41, 5.74) is 5.37. The minimum Gasteiger partial charge on any atom is -0.459 e. The van der Waals surface area contributed by atoms with Crippen LogP contribution in [0.15, 0.2) is 97.1 Å². The molecule has 0 spiro atoms. The third-order valence-corrected chi connectivity index (χ3v) is 5.44. The van der Waals surface area contributed by atoms with Crippen LogP contribution in [0.3, 0.4) is 0 Å². The first kappa shape index (κ1) is 22.3. The Balaban J connectivity index is 1.42. The van der Waals surface area contributed by atoms with Crippen molar-refractivity contribution in [2.45, 2.75) is 26.6 Å². The van der Waals surface area contributed by atoms with Gasteiger partial charge in [0.05, 0.1) is 5.56 Å². The lowest BCUT2D eigenvalue weighted by Gasteiger charge is -2.25. The number of carbonyl (C=O) groups excluding carboxylic acids is 1. The van der Waals surface area contributed by atoms with Crippen LogP contribution >= 0.6 is 0 Å². The van der Waals surface area contributed by atoms with Crippen LogP contribution in [0.25, 0.3) is 11.1 Å². The van der Waals surface area contributed by atoms with Gasteiger partial charge in [-0.1, -0.05) is 71.8 Å². The minimum atomic E-state index is -1.43. The standard InChI is InChI=1S/C29H26O4/c1-20-4-8-24(9-5-20)28(30)32-26-16-10-22(11-17-26)23-12-18-27(19-13-23)33-29(3,31)25-14-6-21(2)7-15-25/h4-19,31H,1-3H3. The van der Waals surface area contributed by atoms with E-state index in [1.54, 1.807) is 31.2 Å². The third-order valence-electron chi connectivity index (χ3n) is 5.44. The topological polar surface area (TPSA) is 55.8 Å². The maximum Gasteiger partial charge on any atom is 0.343 e. The van der Waals surface area contributed by atoms with Gasteiger partial charge in [-0.25, -0.2) is 4.79 Å². The molecular weight excluding hydrogens is 412 g/mol. The van der Waals surface area contributed by atoms with Crippen molar-refractivity contribution in [1.29, 1.82) is 0 Å². The van der Waals surface area contributed by atoms with Gasteiger partial charge in [0, 0.05) is 12.5 Å². The highest BCUT2D eigenvalue weighted by Gasteiger charge is 2.25. The Kier molecular flexibility index (Phi) is 6.29. The van der Waals surface area contributed by atoms with Crippen LogP contribution in [0.4, 0.5) is 0 Å². The van der Waals surface area contributed by atoms with E-state index < -0.39 is 5.79 Å². The molecule has 4 aromatic carbocycles. The third kappa shape index (κ3) is 5.48. The number of benzene rings is 4. The molecule has 0 aliphatic carbocycles. The lowest BCUT2D eigenvalue weighted by Crippen LogP contribution is -2.28. The van der Waals surface area contributed by atoms with E-state index in [9.17, 15) is 9.90 Å². The summed E-state index contributed by atoms with van der Waals surface area (Å²) in [7, 11) is 0. The van der Waals surface area contributed by atoms with Crippen LogP contribution in [0.2, 0.25) is 0 Å². The molecule has 0 aliphatic rings. The average Bonchev–Trinajstić information content (AvgIpc) is 2.80. The molecule has 0 heterocycles. The van der Waals surface area contributed by atoms with Crippen LogP contribution in [0.5, 0.6) is 11.5 Å². The van der Waals surface area contributed by atoms with Gasteiger partial charge in [0.1, 0.15) is 11.5 Å². The van der Waals surface area contributed by atoms with Crippen molar-refractivity contribution >= 4 is 5.97 Å². The largest absolute Gasteiger partial charge is 0.459 e. The molecule has 1 unspecified atom stereocenters. The predicted octanol–water partition coefficient (Wildman–Crippen LogP) is 6.43. The van der Waals surface area contributed by atoms with Crippen molar-refractivity contribution in [3.63, 3.8) is 0 Å². The molecule has 4 heteroatoms. The lowest BCUT2D eigenvalue weighted by molar-refractivity contribution is -0.129. The maximum atomic E-state index is 12.3. The van der Waals surface area contributed by atoms with E-state index in [1.165, 1.54) is 0 Å². The first-order valence-electron chi connectivity index (χ1n) is 10.8. The van der Waals surface area contributed by atoms with Crippen molar-refractivity contribution in [3.05, 3.63) is 119 Å². The van der Waals surface area contributed by atoms with Crippen LogP contribution in [-0.2, 0) is 5.79 Å². The van der Waals surface area contributed by atoms with Crippen LogP contribution in [0.1, 0.15) is 34.0 Å². The second kappa shape index (κ2) is 9.31. The molecule has 166 valence electrons. The number of carbonyl (C=O) groups is 1. The molecule has 4 rings (SSSR count). The molecule has 0 amide bonds. The number of ether oxygens (including phenoxy) is 2. The molecule has 4 nitrogen and oxygen atoms in total. The van der Waals surface area contributed by atoms with Gasteiger partial charge in [-0.15, -0.1) is 0 Å². The van der Waals surface area contributed by atoms with Gasteiger partial charge in [-0.3, -0.25) is 0 Å². The molecule has 0 aliphatic heterocycles. The van der Waals surface area contributed by atoms with Gasteiger partial charge in [0.2, 0.25) is 5.79 Å². The molecule has 0 saturated carbocycles. The molecule has 0 fully saturated rings. The van der Waals surface area contributed by atoms with Crippen molar-refractivity contribution < 1.29 is 19.4 Å². The van der Waals surface area contributed by atoms with Gasteiger partial charge in [-0.05, 0) is 61.4 Å². The molecule has 0 aromatic heterocycles. The number of hydrogen-bond donors (Lipinski definition) is 1. The van der Waals surface area contributed by atoms with E-state index in [2.05, 4.69) is 0 Å². The fourth-order valence-electron chi connectivity index (χ4n) is 3.44. The van der Waals surface area contributed by atoms with E-state index in [-0.39, 0.29) is 5.97 Å². The highest BCUT2D eigenvalue weighted by molar-refractivity contribution is 5.91. The fourth-order valence-corrected chi connectivity index (χ4v) is 3.44. The second-order valence-electron chi connectivity index (χ2n) is 8.26. The van der Waals surface area contributed by atoms with Gasteiger partial charge in [-0.2, -0.15) is 0 Å². The normalized spacial score (nSPS) is 12.6. The molecule has 0 bridgehead atoms. The lowest BCUT2D eigenvalue weighted by atomic mass is 10.0. The molecule has 1 atom stereocenters. The summed E-state index contributed by atoms with van der Waals surface area (Å²) in [6, 6.07) is 29.7. The molecule has 1 N–H and O–H groups in total. The summed E-state index contributed by atoms with van der Waals surface area (Å²) in [6.07, 6.45) is 0. The highest BCUT2D eigenvalue weighted by atomic mass is 16.6. The van der Waals surface area contributed by atoms with E-state index in [0.29, 0.717) is 22.6 Å². The quantitative estimate of drug-likeness (QED) is 0.214. The van der Waals surface area contributed by atoms with Crippen LogP contribution in [-0.4, -0.2) is 11.1 Å². The van der Waals surface area contributed by atoms with E-state index in [4.69, 9.17) is 9.47 Å². The summed E-state index contributed by atoms with van der Waals surface area (Å²) in [5, 5.41) is 10.8. The van der Waals surface area contributed by atoms with Gasteiger partial charge >= 0.3 is 5.97 Å². The SMILES string of the molecule is Cc1ccc(C(=O)Oc2ccc(-c3ccc(OC(C)(O)c4ccc(C)cc4)cc3)cc2)cc1. The molecule has 33 heavy (non-hydrogen) atoms. The zero-order valence-corrected chi connectivity index (χ0v) is 18.9. The van der Waals surface area contributed by atoms with Crippen molar-refractivity contribution in [3.8, 4) is 22.6 Å². The van der Waals surface area contributed by atoms with Crippen LogP contribution in [0, 0.1) is 13.8 Å².